The third-order valence-corrected chi connectivity index (χ3v) is 6.90. The lowest BCUT2D eigenvalue weighted by molar-refractivity contribution is -0.145. The first-order valence-corrected chi connectivity index (χ1v) is 13.9. The average molecular weight is 560 g/mol. The lowest BCUT2D eigenvalue weighted by atomic mass is 10.1. The zero-order valence-electron chi connectivity index (χ0n) is 23.5. The van der Waals surface area contributed by atoms with Gasteiger partial charge in [-0.1, -0.05) is 54.6 Å². The van der Waals surface area contributed by atoms with E-state index in [0.717, 1.165) is 52.3 Å². The van der Waals surface area contributed by atoms with Crippen LogP contribution in [0.2, 0.25) is 0 Å². The van der Waals surface area contributed by atoms with Crippen molar-refractivity contribution < 1.29 is 34.0 Å². The summed E-state index contributed by atoms with van der Waals surface area (Å²) in [6.07, 6.45) is 5.02. The number of para-hydroxylation sites is 2. The van der Waals surface area contributed by atoms with E-state index in [4.69, 9.17) is 19.3 Å². The molecule has 1 atom stereocenters. The summed E-state index contributed by atoms with van der Waals surface area (Å²) in [7, 11) is 0. The van der Waals surface area contributed by atoms with Gasteiger partial charge in [-0.15, -0.1) is 0 Å². The zero-order valence-corrected chi connectivity index (χ0v) is 23.5. The Morgan fingerprint density at radius 1 is 0.902 bits per heavy atom. The van der Waals surface area contributed by atoms with Crippen LogP contribution in [0.1, 0.15) is 47.9 Å². The van der Waals surface area contributed by atoms with E-state index in [-0.39, 0.29) is 13.0 Å². The molecule has 4 rings (SSSR count). The molecule has 0 saturated heterocycles. The van der Waals surface area contributed by atoms with Gasteiger partial charge in [-0.05, 0) is 68.0 Å². The van der Waals surface area contributed by atoms with Crippen LogP contribution in [-0.2, 0) is 9.59 Å². The molecule has 2 N–H and O–H groups in total. The van der Waals surface area contributed by atoms with Crippen molar-refractivity contribution in [2.75, 3.05) is 31.2 Å². The lowest BCUT2D eigenvalue weighted by Gasteiger charge is -2.35. The van der Waals surface area contributed by atoms with Gasteiger partial charge in [0, 0.05) is 18.5 Å². The minimum atomic E-state index is -1.05. The van der Waals surface area contributed by atoms with Crippen LogP contribution in [-0.4, -0.2) is 54.6 Å². The van der Waals surface area contributed by atoms with Gasteiger partial charge in [-0.3, -0.25) is 4.79 Å². The van der Waals surface area contributed by atoms with Crippen molar-refractivity contribution in [1.29, 1.82) is 0 Å². The van der Waals surface area contributed by atoms with Gasteiger partial charge in [-0.2, -0.15) is 0 Å². The molecule has 0 spiro atoms. The summed E-state index contributed by atoms with van der Waals surface area (Å²) in [4.78, 5) is 24.6. The van der Waals surface area contributed by atoms with Crippen LogP contribution in [0.4, 0.5) is 5.69 Å². The smallest absolute Gasteiger partial charge is 0.346 e. The molecule has 1 heterocycles. The highest BCUT2D eigenvalue weighted by Gasteiger charge is 2.31. The monoisotopic (exact) mass is 559 g/mol. The normalized spacial score (nSPS) is 14.4. The maximum atomic E-state index is 11.7. The molecule has 0 radical (unpaired) electrons. The fourth-order valence-electron chi connectivity index (χ4n) is 4.75. The van der Waals surface area contributed by atoms with Crippen molar-refractivity contribution in [3.63, 3.8) is 0 Å². The highest BCUT2D eigenvalue weighted by Crippen LogP contribution is 2.38. The fourth-order valence-corrected chi connectivity index (χ4v) is 4.75. The minimum Gasteiger partial charge on any atom is -0.494 e. The summed E-state index contributed by atoms with van der Waals surface area (Å²) in [5, 5.41) is 18.6. The van der Waals surface area contributed by atoms with E-state index in [1.54, 1.807) is 0 Å². The number of ether oxygens (including phenoxy) is 3. The number of nitrogens with zero attached hydrogens (tertiary/aromatic N) is 1. The van der Waals surface area contributed by atoms with E-state index < -0.39 is 18.0 Å². The van der Waals surface area contributed by atoms with Crippen molar-refractivity contribution >= 4 is 29.8 Å². The molecule has 1 aliphatic heterocycles. The molecule has 41 heavy (non-hydrogen) atoms. The lowest BCUT2D eigenvalue weighted by Crippen LogP contribution is -2.45. The molecule has 3 aromatic carbocycles. The fraction of sp³-hybridized carbons (Fsp3) is 0.333. The average Bonchev–Trinajstić information content (AvgIpc) is 2.95. The molecular formula is C33H37NO7. The molecule has 8 nitrogen and oxygen atoms in total. The van der Waals surface area contributed by atoms with Crippen LogP contribution in [0, 0.1) is 13.8 Å². The van der Waals surface area contributed by atoms with Gasteiger partial charge < -0.3 is 29.3 Å². The molecule has 216 valence electrons. The first-order valence-electron chi connectivity index (χ1n) is 13.9. The molecule has 0 aromatic heterocycles. The van der Waals surface area contributed by atoms with E-state index in [1.807, 2.05) is 65.6 Å². The van der Waals surface area contributed by atoms with E-state index in [0.29, 0.717) is 31.9 Å². The molecule has 0 amide bonds. The van der Waals surface area contributed by atoms with Crippen LogP contribution in [0.5, 0.6) is 17.2 Å². The zero-order chi connectivity index (χ0) is 29.2. The van der Waals surface area contributed by atoms with Crippen molar-refractivity contribution in [2.24, 2.45) is 0 Å². The van der Waals surface area contributed by atoms with Crippen molar-refractivity contribution in [3.8, 4) is 17.2 Å². The van der Waals surface area contributed by atoms with Crippen molar-refractivity contribution in [2.45, 2.75) is 45.6 Å². The molecule has 0 bridgehead atoms. The number of anilines is 1. The van der Waals surface area contributed by atoms with Crippen LogP contribution in [0.25, 0.3) is 12.2 Å². The van der Waals surface area contributed by atoms with Crippen LogP contribution >= 0.6 is 0 Å². The second-order valence-electron chi connectivity index (χ2n) is 10.1. The van der Waals surface area contributed by atoms with Gasteiger partial charge >= 0.3 is 11.9 Å². The number of fused-ring (bicyclic) bond motifs is 1. The summed E-state index contributed by atoms with van der Waals surface area (Å²) in [6, 6.07) is 19.6. The maximum Gasteiger partial charge on any atom is 0.346 e. The van der Waals surface area contributed by atoms with Crippen molar-refractivity contribution in [1.82, 2.24) is 0 Å². The van der Waals surface area contributed by atoms with Crippen molar-refractivity contribution in [3.05, 3.63) is 82.9 Å². The summed E-state index contributed by atoms with van der Waals surface area (Å²) in [5.74, 6) is 0.315. The Balaban J connectivity index is 1.31. The van der Waals surface area contributed by atoms with Gasteiger partial charge in [0.05, 0.1) is 25.4 Å². The Morgan fingerprint density at radius 3 is 2.27 bits per heavy atom. The van der Waals surface area contributed by atoms with Crippen LogP contribution < -0.4 is 19.1 Å². The van der Waals surface area contributed by atoms with Gasteiger partial charge in [-0.25, -0.2) is 4.79 Å². The Hall–Kier alpha value is -4.46. The number of aliphatic carboxylic acids is 2. The number of carboxylic acids is 2. The highest BCUT2D eigenvalue weighted by molar-refractivity contribution is 5.81. The molecule has 3 aromatic rings. The standard InChI is InChI=1S/C33H37NO7/c1-23-8-5-9-24(2)31(23)40-21-4-3-20-39-27-17-14-25(15-18-27)13-16-26-10-6-11-28-32(26)41-29(33(37)38)22-34(28)19-7-12-30(35)36/h5-6,8-11,13-18,29H,3-4,7,12,19-22H2,1-2H3,(H,35,36)(H,37,38)/b16-13+. The first-order chi connectivity index (χ1) is 19.8. The molecule has 0 fully saturated rings. The summed E-state index contributed by atoms with van der Waals surface area (Å²) in [5.41, 5.74) is 4.77. The molecule has 0 aliphatic carbocycles. The summed E-state index contributed by atoms with van der Waals surface area (Å²) in [6.45, 7) is 5.96. The molecule has 1 unspecified atom stereocenters. The number of hydrogen-bond donors (Lipinski definition) is 2. The number of unbranched alkanes of at least 4 members (excludes halogenated alkanes) is 1. The predicted molar refractivity (Wildman–Crippen MR) is 159 cm³/mol. The summed E-state index contributed by atoms with van der Waals surface area (Å²) < 4.78 is 17.7. The predicted octanol–water partition coefficient (Wildman–Crippen LogP) is 6.23. The van der Waals surface area contributed by atoms with Gasteiger partial charge in [0.15, 0.2) is 5.75 Å². The molecule has 0 saturated carbocycles. The van der Waals surface area contributed by atoms with E-state index in [9.17, 15) is 14.7 Å². The minimum absolute atomic E-state index is 0.0197. The third-order valence-electron chi connectivity index (χ3n) is 6.90. The largest absolute Gasteiger partial charge is 0.494 e. The highest BCUT2D eigenvalue weighted by atomic mass is 16.5. The molecule has 1 aliphatic rings. The van der Waals surface area contributed by atoms with E-state index in [1.165, 1.54) is 0 Å². The number of carbonyl (C=O) groups is 2. The second-order valence-corrected chi connectivity index (χ2v) is 10.1. The number of rotatable bonds is 14. The quantitative estimate of drug-likeness (QED) is 0.177. The van der Waals surface area contributed by atoms with Gasteiger partial charge in [0.2, 0.25) is 6.10 Å². The van der Waals surface area contributed by atoms with E-state index >= 15 is 0 Å². The Kier molecular flexibility index (Phi) is 10.3. The topological polar surface area (TPSA) is 106 Å². The third kappa shape index (κ3) is 8.27. The van der Waals surface area contributed by atoms with Crippen LogP contribution in [0.3, 0.4) is 0 Å². The SMILES string of the molecule is Cc1cccc(C)c1OCCCCOc1ccc(/C=C/c2cccc3c2OC(C(=O)O)CN3CCCC(=O)O)cc1. The summed E-state index contributed by atoms with van der Waals surface area (Å²) >= 11 is 0. The number of carboxylic acid groups (broad SMARTS) is 2. The second kappa shape index (κ2) is 14.3. The molecule has 8 heteroatoms. The first kappa shape index (κ1) is 29.5. The van der Waals surface area contributed by atoms with E-state index in [2.05, 4.69) is 26.0 Å². The Bertz CT molecular complexity index is 1350. The Labute approximate surface area is 240 Å². The number of benzene rings is 3. The maximum absolute atomic E-state index is 11.7. The van der Waals surface area contributed by atoms with Crippen LogP contribution in [0.15, 0.2) is 60.7 Å². The Morgan fingerprint density at radius 2 is 1.59 bits per heavy atom. The number of aryl methyl sites for hydroxylation is 2. The van der Waals surface area contributed by atoms with Gasteiger partial charge in [0.1, 0.15) is 11.5 Å². The molecular weight excluding hydrogens is 522 g/mol. The van der Waals surface area contributed by atoms with Gasteiger partial charge in [0.25, 0.3) is 0 Å². The number of hydrogen-bond acceptors (Lipinski definition) is 6.